The molecule has 1 N–H and O–H groups in total. The molecule has 1 saturated carbocycles. The van der Waals surface area contributed by atoms with Crippen LogP contribution >= 0.6 is 11.6 Å². The second kappa shape index (κ2) is 13.7. The van der Waals surface area contributed by atoms with E-state index >= 15 is 0 Å². The summed E-state index contributed by atoms with van der Waals surface area (Å²) in [7, 11) is 0. The molecule has 0 saturated heterocycles. The molecule has 0 heterocycles. The molecule has 1 aliphatic rings. The van der Waals surface area contributed by atoms with E-state index < -0.39 is 6.04 Å². The Labute approximate surface area is 237 Å². The number of amides is 2. The summed E-state index contributed by atoms with van der Waals surface area (Å²) in [5.41, 5.74) is 4.90. The van der Waals surface area contributed by atoms with Crippen molar-refractivity contribution < 1.29 is 14.3 Å². The van der Waals surface area contributed by atoms with Crippen molar-refractivity contribution in [1.29, 1.82) is 0 Å². The van der Waals surface area contributed by atoms with E-state index in [1.165, 1.54) is 6.42 Å². The predicted molar refractivity (Wildman–Crippen MR) is 157 cm³/mol. The van der Waals surface area contributed by atoms with E-state index in [-0.39, 0.29) is 24.5 Å². The summed E-state index contributed by atoms with van der Waals surface area (Å²) in [5, 5.41) is 3.97. The molecule has 1 fully saturated rings. The van der Waals surface area contributed by atoms with Crippen LogP contribution in [0.25, 0.3) is 0 Å². The van der Waals surface area contributed by atoms with Crippen molar-refractivity contribution in [3.8, 4) is 5.75 Å². The van der Waals surface area contributed by atoms with Gasteiger partial charge < -0.3 is 15.0 Å². The SMILES string of the molecule is Cc1ccc(CN(C(=O)COc2cc(C)c(Cl)c(C)c2)C(Cc2ccccc2)C(=O)NC2CCCCC2)cc1. The van der Waals surface area contributed by atoms with E-state index in [1.54, 1.807) is 4.90 Å². The minimum Gasteiger partial charge on any atom is -0.484 e. The fourth-order valence-corrected chi connectivity index (χ4v) is 5.32. The first-order chi connectivity index (χ1) is 18.8. The lowest BCUT2D eigenvalue weighted by molar-refractivity contribution is -0.143. The average Bonchev–Trinajstić information content (AvgIpc) is 2.94. The van der Waals surface area contributed by atoms with Gasteiger partial charge in [0.25, 0.3) is 5.91 Å². The summed E-state index contributed by atoms with van der Waals surface area (Å²) in [6.07, 6.45) is 5.83. The monoisotopic (exact) mass is 546 g/mol. The first-order valence-corrected chi connectivity index (χ1v) is 14.3. The molecule has 0 aromatic heterocycles. The summed E-state index contributed by atoms with van der Waals surface area (Å²) in [6.45, 7) is 6.01. The zero-order valence-electron chi connectivity index (χ0n) is 23.2. The maximum Gasteiger partial charge on any atom is 0.261 e. The first kappa shape index (κ1) is 28.7. The van der Waals surface area contributed by atoms with E-state index in [4.69, 9.17) is 16.3 Å². The molecular weight excluding hydrogens is 508 g/mol. The lowest BCUT2D eigenvalue weighted by Crippen LogP contribution is -2.53. The highest BCUT2D eigenvalue weighted by Crippen LogP contribution is 2.26. The molecule has 1 unspecified atom stereocenters. The van der Waals surface area contributed by atoms with Crippen LogP contribution in [0.5, 0.6) is 5.75 Å². The Balaban J connectivity index is 1.61. The van der Waals surface area contributed by atoms with Crippen LogP contribution in [0.1, 0.15) is 59.9 Å². The maximum absolute atomic E-state index is 13.8. The molecule has 2 amide bonds. The maximum atomic E-state index is 13.8. The van der Waals surface area contributed by atoms with Gasteiger partial charge in [0.1, 0.15) is 11.8 Å². The van der Waals surface area contributed by atoms with Gasteiger partial charge in [0, 0.05) is 24.0 Å². The van der Waals surface area contributed by atoms with Crippen molar-refractivity contribution in [3.05, 3.63) is 99.6 Å². The quantitative estimate of drug-likeness (QED) is 0.306. The van der Waals surface area contributed by atoms with Crippen LogP contribution in [-0.4, -0.2) is 35.4 Å². The molecule has 0 radical (unpaired) electrons. The van der Waals surface area contributed by atoms with Crippen LogP contribution in [0, 0.1) is 20.8 Å². The Hall–Kier alpha value is -3.31. The highest BCUT2D eigenvalue weighted by molar-refractivity contribution is 6.32. The highest BCUT2D eigenvalue weighted by Gasteiger charge is 2.32. The van der Waals surface area contributed by atoms with Gasteiger partial charge in [-0.1, -0.05) is 91.0 Å². The average molecular weight is 547 g/mol. The zero-order chi connectivity index (χ0) is 27.8. The van der Waals surface area contributed by atoms with Crippen LogP contribution in [0.3, 0.4) is 0 Å². The number of nitrogens with zero attached hydrogens (tertiary/aromatic N) is 1. The van der Waals surface area contributed by atoms with Gasteiger partial charge in [-0.2, -0.15) is 0 Å². The van der Waals surface area contributed by atoms with Gasteiger partial charge in [-0.15, -0.1) is 0 Å². The van der Waals surface area contributed by atoms with Gasteiger partial charge in [0.2, 0.25) is 5.91 Å². The Morgan fingerprint density at radius 1 is 0.923 bits per heavy atom. The van der Waals surface area contributed by atoms with Crippen molar-refractivity contribution in [3.63, 3.8) is 0 Å². The van der Waals surface area contributed by atoms with Crippen molar-refractivity contribution in [2.24, 2.45) is 0 Å². The van der Waals surface area contributed by atoms with Crippen LogP contribution < -0.4 is 10.1 Å². The largest absolute Gasteiger partial charge is 0.484 e. The third-order valence-corrected chi connectivity index (χ3v) is 8.06. The van der Waals surface area contributed by atoms with E-state index in [1.807, 2.05) is 87.5 Å². The number of carbonyl (C=O) groups is 2. The minimum absolute atomic E-state index is 0.107. The lowest BCUT2D eigenvalue weighted by Gasteiger charge is -2.33. The number of ether oxygens (including phenoxy) is 1. The molecule has 4 rings (SSSR count). The van der Waals surface area contributed by atoms with Crippen LogP contribution in [0.2, 0.25) is 5.02 Å². The van der Waals surface area contributed by atoms with Crippen molar-refractivity contribution in [2.45, 2.75) is 77.9 Å². The van der Waals surface area contributed by atoms with Gasteiger partial charge in [-0.3, -0.25) is 9.59 Å². The molecular formula is C33H39ClN2O3. The Morgan fingerprint density at radius 2 is 1.56 bits per heavy atom. The number of hydrogen-bond acceptors (Lipinski definition) is 3. The predicted octanol–water partition coefficient (Wildman–Crippen LogP) is 6.73. The molecule has 0 spiro atoms. The number of benzene rings is 3. The Morgan fingerprint density at radius 3 is 2.21 bits per heavy atom. The topological polar surface area (TPSA) is 58.6 Å². The molecule has 1 atom stereocenters. The Kier molecular flexibility index (Phi) is 10.0. The number of nitrogens with one attached hydrogen (secondary N) is 1. The summed E-state index contributed by atoms with van der Waals surface area (Å²) < 4.78 is 5.97. The highest BCUT2D eigenvalue weighted by atomic mass is 35.5. The van der Waals surface area contributed by atoms with Gasteiger partial charge in [-0.05, 0) is 68.0 Å². The van der Waals surface area contributed by atoms with Crippen molar-refractivity contribution in [2.75, 3.05) is 6.61 Å². The van der Waals surface area contributed by atoms with Crippen LogP contribution in [0.15, 0.2) is 66.7 Å². The smallest absolute Gasteiger partial charge is 0.261 e. The molecule has 3 aromatic rings. The van der Waals surface area contributed by atoms with Gasteiger partial charge >= 0.3 is 0 Å². The van der Waals surface area contributed by atoms with Crippen LogP contribution in [-0.2, 0) is 22.6 Å². The summed E-state index contributed by atoms with van der Waals surface area (Å²) >= 11 is 6.32. The molecule has 5 nitrogen and oxygen atoms in total. The van der Waals surface area contributed by atoms with Gasteiger partial charge in [-0.25, -0.2) is 0 Å². The van der Waals surface area contributed by atoms with Crippen LogP contribution in [0.4, 0.5) is 0 Å². The van der Waals surface area contributed by atoms with E-state index in [2.05, 4.69) is 5.32 Å². The number of aryl methyl sites for hydroxylation is 3. The second-order valence-electron chi connectivity index (χ2n) is 10.7. The van der Waals surface area contributed by atoms with Crippen molar-refractivity contribution >= 4 is 23.4 Å². The summed E-state index contributed by atoms with van der Waals surface area (Å²) in [4.78, 5) is 29.4. The Bertz CT molecular complexity index is 1230. The molecule has 39 heavy (non-hydrogen) atoms. The third kappa shape index (κ3) is 8.09. The molecule has 6 heteroatoms. The molecule has 0 aliphatic heterocycles. The number of rotatable bonds is 10. The summed E-state index contributed by atoms with van der Waals surface area (Å²) in [6, 6.07) is 21.1. The minimum atomic E-state index is -0.666. The van der Waals surface area contributed by atoms with Gasteiger partial charge in [0.05, 0.1) is 0 Å². The number of halogens is 1. The fourth-order valence-electron chi connectivity index (χ4n) is 5.21. The lowest BCUT2D eigenvalue weighted by atomic mass is 9.94. The van der Waals surface area contributed by atoms with E-state index in [9.17, 15) is 9.59 Å². The fraction of sp³-hybridized carbons (Fsp3) is 0.394. The third-order valence-electron chi connectivity index (χ3n) is 7.47. The van der Waals surface area contributed by atoms with Crippen molar-refractivity contribution in [1.82, 2.24) is 10.2 Å². The number of carbonyl (C=O) groups excluding carboxylic acids is 2. The normalized spacial score (nSPS) is 14.5. The molecule has 3 aromatic carbocycles. The van der Waals surface area contributed by atoms with E-state index in [0.29, 0.717) is 23.7 Å². The molecule has 1 aliphatic carbocycles. The van der Waals surface area contributed by atoms with Gasteiger partial charge in [0.15, 0.2) is 6.61 Å². The van der Waals surface area contributed by atoms with E-state index in [0.717, 1.165) is 53.5 Å². The first-order valence-electron chi connectivity index (χ1n) is 13.9. The molecule has 0 bridgehead atoms. The number of hydrogen-bond donors (Lipinski definition) is 1. The molecule has 206 valence electrons. The second-order valence-corrected chi connectivity index (χ2v) is 11.1. The zero-order valence-corrected chi connectivity index (χ0v) is 24.0. The standard InChI is InChI=1S/C33H39ClN2O3/c1-23-14-16-27(17-15-23)21-36(31(37)22-39-29-18-24(2)32(34)25(3)19-29)30(20-26-10-6-4-7-11-26)33(38)35-28-12-8-5-9-13-28/h4,6-7,10-11,14-19,28,30H,5,8-9,12-13,20-22H2,1-3H3,(H,35,38). The summed E-state index contributed by atoms with van der Waals surface area (Å²) in [5.74, 6) is 0.245.